The van der Waals surface area contributed by atoms with Crippen molar-refractivity contribution in [1.82, 2.24) is 5.32 Å². The highest BCUT2D eigenvalue weighted by Gasteiger charge is 2.11. The molecular formula is C19H23NO4. The van der Waals surface area contributed by atoms with E-state index in [1.165, 1.54) is 0 Å². The van der Waals surface area contributed by atoms with Crippen LogP contribution < -0.4 is 19.5 Å². The van der Waals surface area contributed by atoms with Crippen LogP contribution in [0, 0.1) is 0 Å². The number of carbonyl (C=O) groups excluding carboxylic acids is 1. The molecule has 0 spiro atoms. The minimum atomic E-state index is -0.127. The first-order chi connectivity index (χ1) is 11.7. The number of benzene rings is 2. The third-order valence-corrected chi connectivity index (χ3v) is 3.20. The molecule has 5 nitrogen and oxygen atoms in total. The molecule has 0 fully saturated rings. The van der Waals surface area contributed by atoms with Gasteiger partial charge in [0.25, 0.3) is 5.91 Å². The fraction of sp³-hybridized carbons (Fsp3) is 0.316. The zero-order chi connectivity index (χ0) is 17.2. The quantitative estimate of drug-likeness (QED) is 0.717. The van der Waals surface area contributed by atoms with E-state index in [2.05, 4.69) is 5.32 Å². The van der Waals surface area contributed by atoms with Crippen molar-refractivity contribution in [3.8, 4) is 17.2 Å². The first-order valence-electron chi connectivity index (χ1n) is 8.10. The Kier molecular flexibility index (Phi) is 6.95. The molecule has 0 aromatic heterocycles. The summed E-state index contributed by atoms with van der Waals surface area (Å²) in [5.41, 5.74) is 0.549. The van der Waals surface area contributed by atoms with Gasteiger partial charge in [-0.15, -0.1) is 0 Å². The van der Waals surface area contributed by atoms with Gasteiger partial charge in [-0.1, -0.05) is 18.2 Å². The maximum Gasteiger partial charge on any atom is 0.251 e. The van der Waals surface area contributed by atoms with Crippen LogP contribution >= 0.6 is 0 Å². The third kappa shape index (κ3) is 5.19. The molecule has 1 amide bonds. The van der Waals surface area contributed by atoms with Crippen molar-refractivity contribution in [1.29, 1.82) is 0 Å². The van der Waals surface area contributed by atoms with Crippen LogP contribution in [0.3, 0.4) is 0 Å². The summed E-state index contributed by atoms with van der Waals surface area (Å²) < 4.78 is 16.9. The van der Waals surface area contributed by atoms with Crippen molar-refractivity contribution in [2.75, 3.05) is 26.4 Å². The zero-order valence-electron chi connectivity index (χ0n) is 14.1. The average Bonchev–Trinajstić information content (AvgIpc) is 2.61. The Morgan fingerprint density at radius 1 is 0.917 bits per heavy atom. The molecule has 0 bridgehead atoms. The molecule has 5 heteroatoms. The van der Waals surface area contributed by atoms with Gasteiger partial charge in [0.15, 0.2) is 11.5 Å². The van der Waals surface area contributed by atoms with E-state index in [9.17, 15) is 4.79 Å². The second-order valence-corrected chi connectivity index (χ2v) is 4.96. The molecule has 2 aromatic rings. The average molecular weight is 329 g/mol. The largest absolute Gasteiger partial charge is 0.490 e. The van der Waals surface area contributed by atoms with E-state index in [4.69, 9.17) is 14.2 Å². The van der Waals surface area contributed by atoms with E-state index in [0.29, 0.717) is 43.4 Å². The van der Waals surface area contributed by atoms with E-state index in [-0.39, 0.29) is 5.91 Å². The van der Waals surface area contributed by atoms with Crippen molar-refractivity contribution in [2.45, 2.75) is 13.8 Å². The Bertz CT molecular complexity index is 643. The van der Waals surface area contributed by atoms with Gasteiger partial charge < -0.3 is 19.5 Å². The normalized spacial score (nSPS) is 10.1. The number of rotatable bonds is 9. The summed E-state index contributed by atoms with van der Waals surface area (Å²) in [5, 5.41) is 2.77. The van der Waals surface area contributed by atoms with Crippen LogP contribution in [0.15, 0.2) is 48.5 Å². The van der Waals surface area contributed by atoms with Gasteiger partial charge >= 0.3 is 0 Å². The van der Waals surface area contributed by atoms with Crippen LogP contribution in [-0.4, -0.2) is 32.3 Å². The van der Waals surface area contributed by atoms with E-state index in [1.54, 1.807) is 18.2 Å². The van der Waals surface area contributed by atoms with Crippen LogP contribution in [0.4, 0.5) is 0 Å². The molecule has 2 rings (SSSR count). The van der Waals surface area contributed by atoms with Gasteiger partial charge in [0.2, 0.25) is 0 Å². The first kappa shape index (κ1) is 17.7. The van der Waals surface area contributed by atoms with Crippen molar-refractivity contribution >= 4 is 5.91 Å². The number of carbonyl (C=O) groups is 1. The molecule has 0 radical (unpaired) electrons. The third-order valence-electron chi connectivity index (χ3n) is 3.20. The highest BCUT2D eigenvalue weighted by Crippen LogP contribution is 2.28. The van der Waals surface area contributed by atoms with Gasteiger partial charge in [0, 0.05) is 12.1 Å². The second kappa shape index (κ2) is 9.45. The molecule has 2 aromatic carbocycles. The minimum Gasteiger partial charge on any atom is -0.490 e. The predicted molar refractivity (Wildman–Crippen MR) is 93.1 cm³/mol. The lowest BCUT2D eigenvalue weighted by molar-refractivity contribution is 0.0955. The maximum atomic E-state index is 11.9. The van der Waals surface area contributed by atoms with Crippen LogP contribution in [0.2, 0.25) is 0 Å². The van der Waals surface area contributed by atoms with Gasteiger partial charge in [0.1, 0.15) is 19.0 Å². The molecule has 1 N–H and O–H groups in total. The summed E-state index contributed by atoms with van der Waals surface area (Å²) in [4.78, 5) is 11.9. The van der Waals surface area contributed by atoms with Gasteiger partial charge in [-0.2, -0.15) is 0 Å². The number of hydrogen-bond donors (Lipinski definition) is 1. The SMILES string of the molecule is CCNC(=O)c1ccc(OCCOc2ccccc2)c(OCC)c1. The summed E-state index contributed by atoms with van der Waals surface area (Å²) in [6.07, 6.45) is 0. The lowest BCUT2D eigenvalue weighted by Crippen LogP contribution is -2.22. The van der Waals surface area contributed by atoms with Crippen LogP contribution in [0.5, 0.6) is 17.2 Å². The van der Waals surface area contributed by atoms with Crippen LogP contribution in [-0.2, 0) is 0 Å². The molecule has 0 heterocycles. The molecule has 0 unspecified atom stereocenters. The lowest BCUT2D eigenvalue weighted by atomic mass is 10.2. The smallest absolute Gasteiger partial charge is 0.251 e. The Morgan fingerprint density at radius 3 is 2.38 bits per heavy atom. The monoisotopic (exact) mass is 329 g/mol. The number of ether oxygens (including phenoxy) is 3. The Labute approximate surface area is 142 Å². The minimum absolute atomic E-state index is 0.127. The molecule has 0 aliphatic rings. The Morgan fingerprint density at radius 2 is 1.67 bits per heavy atom. The van der Waals surface area contributed by atoms with E-state index in [0.717, 1.165) is 5.75 Å². The maximum absolute atomic E-state index is 11.9. The lowest BCUT2D eigenvalue weighted by Gasteiger charge is -2.13. The summed E-state index contributed by atoms with van der Waals surface area (Å²) in [6, 6.07) is 14.7. The van der Waals surface area contributed by atoms with Crippen molar-refractivity contribution in [3.63, 3.8) is 0 Å². The number of nitrogens with one attached hydrogen (secondary N) is 1. The summed E-state index contributed by atoms with van der Waals surface area (Å²) in [5.74, 6) is 1.83. The highest BCUT2D eigenvalue weighted by molar-refractivity contribution is 5.94. The van der Waals surface area contributed by atoms with Gasteiger partial charge in [-0.05, 0) is 44.2 Å². The standard InChI is InChI=1S/C19H23NO4/c1-3-20-19(21)15-10-11-17(18(14-15)22-4-2)24-13-12-23-16-8-6-5-7-9-16/h5-11,14H,3-4,12-13H2,1-2H3,(H,20,21). The topological polar surface area (TPSA) is 56.8 Å². The number of para-hydroxylation sites is 1. The number of amides is 1. The van der Waals surface area contributed by atoms with Crippen molar-refractivity contribution in [2.24, 2.45) is 0 Å². The van der Waals surface area contributed by atoms with Crippen LogP contribution in [0.25, 0.3) is 0 Å². The van der Waals surface area contributed by atoms with Gasteiger partial charge in [-0.3, -0.25) is 4.79 Å². The summed E-state index contributed by atoms with van der Waals surface area (Å²) >= 11 is 0. The second-order valence-electron chi connectivity index (χ2n) is 4.96. The molecule has 0 aliphatic carbocycles. The molecular weight excluding hydrogens is 306 g/mol. The van der Waals surface area contributed by atoms with Crippen LogP contribution in [0.1, 0.15) is 24.2 Å². The van der Waals surface area contributed by atoms with Gasteiger partial charge in [0.05, 0.1) is 6.61 Å². The summed E-state index contributed by atoms with van der Waals surface area (Å²) in [7, 11) is 0. The Balaban J connectivity index is 1.94. The summed E-state index contributed by atoms with van der Waals surface area (Å²) in [6.45, 7) is 5.66. The zero-order valence-corrected chi connectivity index (χ0v) is 14.1. The fourth-order valence-electron chi connectivity index (χ4n) is 2.13. The molecule has 24 heavy (non-hydrogen) atoms. The molecule has 128 valence electrons. The molecule has 0 saturated heterocycles. The number of hydrogen-bond acceptors (Lipinski definition) is 4. The van der Waals surface area contributed by atoms with Crippen molar-refractivity contribution in [3.05, 3.63) is 54.1 Å². The molecule has 0 aliphatic heterocycles. The van der Waals surface area contributed by atoms with Gasteiger partial charge in [-0.25, -0.2) is 0 Å². The van der Waals surface area contributed by atoms with E-state index < -0.39 is 0 Å². The Hall–Kier alpha value is -2.69. The fourth-order valence-corrected chi connectivity index (χ4v) is 2.13. The van der Waals surface area contributed by atoms with Crippen molar-refractivity contribution < 1.29 is 19.0 Å². The predicted octanol–water partition coefficient (Wildman–Crippen LogP) is 3.29. The van der Waals surface area contributed by atoms with E-state index >= 15 is 0 Å². The first-order valence-corrected chi connectivity index (χ1v) is 8.10. The van der Waals surface area contributed by atoms with E-state index in [1.807, 2.05) is 44.2 Å². The molecule has 0 atom stereocenters. The highest BCUT2D eigenvalue weighted by atomic mass is 16.5. The molecule has 0 saturated carbocycles.